The quantitative estimate of drug-likeness (QED) is 0.908. The summed E-state index contributed by atoms with van der Waals surface area (Å²) in [5.41, 5.74) is 1.44. The van der Waals surface area contributed by atoms with Gasteiger partial charge in [0.2, 0.25) is 0 Å². The Balaban J connectivity index is 2.30. The molecule has 1 N–H and O–H groups in total. The molecule has 0 unspecified atom stereocenters. The van der Waals surface area contributed by atoms with Crippen LogP contribution >= 0.6 is 0 Å². The molecular formula is C16H23N3O. The first kappa shape index (κ1) is 14.6. The molecule has 0 spiro atoms. The SMILES string of the molecule is CC(C)CN(CC(C)C)C(=O)c1n[nH]c2ccccc12. The Labute approximate surface area is 120 Å². The van der Waals surface area contributed by atoms with Gasteiger partial charge in [-0.2, -0.15) is 5.10 Å². The standard InChI is InChI=1S/C16H23N3O/c1-11(2)9-19(10-12(3)4)16(20)15-13-7-5-6-8-14(13)17-18-15/h5-8,11-12H,9-10H2,1-4H3,(H,17,18). The first-order valence-electron chi connectivity index (χ1n) is 7.21. The highest BCUT2D eigenvalue weighted by atomic mass is 16.2. The van der Waals surface area contributed by atoms with Gasteiger partial charge in [0.1, 0.15) is 0 Å². The van der Waals surface area contributed by atoms with Gasteiger partial charge in [-0.05, 0) is 17.9 Å². The lowest BCUT2D eigenvalue weighted by Gasteiger charge is -2.25. The number of rotatable bonds is 5. The fourth-order valence-corrected chi connectivity index (χ4v) is 2.40. The summed E-state index contributed by atoms with van der Waals surface area (Å²) >= 11 is 0. The zero-order valence-electron chi connectivity index (χ0n) is 12.7. The highest BCUT2D eigenvalue weighted by molar-refractivity contribution is 6.04. The molecule has 4 nitrogen and oxygen atoms in total. The number of carbonyl (C=O) groups is 1. The number of para-hydroxylation sites is 1. The predicted octanol–water partition coefficient (Wildman–Crippen LogP) is 3.32. The second kappa shape index (κ2) is 6.07. The molecular weight excluding hydrogens is 250 g/mol. The van der Waals surface area contributed by atoms with E-state index in [1.165, 1.54) is 0 Å². The van der Waals surface area contributed by atoms with E-state index in [4.69, 9.17) is 0 Å². The molecule has 1 aromatic carbocycles. The van der Waals surface area contributed by atoms with Crippen LogP contribution in [0.2, 0.25) is 0 Å². The molecule has 0 saturated carbocycles. The molecule has 0 bridgehead atoms. The highest BCUT2D eigenvalue weighted by Crippen LogP contribution is 2.18. The molecule has 1 aromatic heterocycles. The van der Waals surface area contributed by atoms with Gasteiger partial charge >= 0.3 is 0 Å². The van der Waals surface area contributed by atoms with Crippen LogP contribution in [0.4, 0.5) is 0 Å². The van der Waals surface area contributed by atoms with Crippen LogP contribution in [0.5, 0.6) is 0 Å². The lowest BCUT2D eigenvalue weighted by molar-refractivity contribution is 0.0711. The van der Waals surface area contributed by atoms with E-state index < -0.39 is 0 Å². The van der Waals surface area contributed by atoms with Crippen LogP contribution in [-0.2, 0) is 0 Å². The molecule has 2 rings (SSSR count). The molecule has 1 heterocycles. The van der Waals surface area contributed by atoms with Crippen molar-refractivity contribution in [3.05, 3.63) is 30.0 Å². The zero-order chi connectivity index (χ0) is 14.7. The number of amides is 1. The van der Waals surface area contributed by atoms with Crippen LogP contribution in [0, 0.1) is 11.8 Å². The summed E-state index contributed by atoms with van der Waals surface area (Å²) in [6.07, 6.45) is 0. The van der Waals surface area contributed by atoms with E-state index in [2.05, 4.69) is 37.9 Å². The largest absolute Gasteiger partial charge is 0.337 e. The van der Waals surface area contributed by atoms with E-state index in [1.54, 1.807) is 0 Å². The van der Waals surface area contributed by atoms with Gasteiger partial charge in [0, 0.05) is 18.5 Å². The molecule has 0 fully saturated rings. The maximum absolute atomic E-state index is 12.7. The third-order valence-corrected chi connectivity index (χ3v) is 3.13. The van der Waals surface area contributed by atoms with Crippen molar-refractivity contribution in [2.24, 2.45) is 11.8 Å². The summed E-state index contributed by atoms with van der Waals surface area (Å²) in [6.45, 7) is 10.0. The minimum absolute atomic E-state index is 0.0184. The summed E-state index contributed by atoms with van der Waals surface area (Å²) in [4.78, 5) is 14.6. The molecule has 0 saturated heterocycles. The van der Waals surface area contributed by atoms with Gasteiger partial charge in [-0.3, -0.25) is 9.89 Å². The van der Waals surface area contributed by atoms with Gasteiger partial charge < -0.3 is 4.90 Å². The number of aromatic amines is 1. The summed E-state index contributed by atoms with van der Waals surface area (Å²) in [6, 6.07) is 7.75. The Morgan fingerprint density at radius 3 is 2.35 bits per heavy atom. The van der Waals surface area contributed by atoms with Crippen LogP contribution in [0.15, 0.2) is 24.3 Å². The Morgan fingerprint density at radius 1 is 1.15 bits per heavy atom. The lowest BCUT2D eigenvalue weighted by Crippen LogP contribution is -2.37. The maximum atomic E-state index is 12.7. The molecule has 4 heteroatoms. The fourth-order valence-electron chi connectivity index (χ4n) is 2.40. The number of nitrogens with one attached hydrogen (secondary N) is 1. The smallest absolute Gasteiger partial charge is 0.275 e. The number of fused-ring (bicyclic) bond motifs is 1. The molecule has 2 aromatic rings. The van der Waals surface area contributed by atoms with E-state index in [-0.39, 0.29) is 5.91 Å². The Morgan fingerprint density at radius 2 is 1.75 bits per heavy atom. The number of hydrogen-bond acceptors (Lipinski definition) is 2. The number of carbonyl (C=O) groups excluding carboxylic acids is 1. The third-order valence-electron chi connectivity index (χ3n) is 3.13. The molecule has 20 heavy (non-hydrogen) atoms. The molecule has 0 aliphatic heterocycles. The Kier molecular flexibility index (Phi) is 4.42. The number of aromatic nitrogens is 2. The van der Waals surface area contributed by atoms with Crippen molar-refractivity contribution < 1.29 is 4.79 Å². The van der Waals surface area contributed by atoms with E-state index in [9.17, 15) is 4.79 Å². The summed E-state index contributed by atoms with van der Waals surface area (Å²) in [5.74, 6) is 0.913. The Bertz CT molecular complexity index is 576. The van der Waals surface area contributed by atoms with Crippen molar-refractivity contribution in [1.82, 2.24) is 15.1 Å². The van der Waals surface area contributed by atoms with E-state index in [0.717, 1.165) is 24.0 Å². The van der Waals surface area contributed by atoms with Crippen LogP contribution in [0.25, 0.3) is 10.9 Å². The number of nitrogens with zero attached hydrogens (tertiary/aromatic N) is 2. The maximum Gasteiger partial charge on any atom is 0.275 e. The van der Waals surface area contributed by atoms with Crippen LogP contribution in [-0.4, -0.2) is 34.1 Å². The molecule has 1 amide bonds. The van der Waals surface area contributed by atoms with Crippen molar-refractivity contribution in [1.29, 1.82) is 0 Å². The first-order valence-corrected chi connectivity index (χ1v) is 7.21. The number of H-pyrrole nitrogens is 1. The summed E-state index contributed by atoms with van der Waals surface area (Å²) in [5, 5.41) is 8.05. The second-order valence-electron chi connectivity index (χ2n) is 6.12. The monoisotopic (exact) mass is 273 g/mol. The second-order valence-corrected chi connectivity index (χ2v) is 6.12. The van der Waals surface area contributed by atoms with Crippen LogP contribution < -0.4 is 0 Å². The van der Waals surface area contributed by atoms with Gasteiger partial charge in [-0.25, -0.2) is 0 Å². The molecule has 0 aliphatic rings. The van der Waals surface area contributed by atoms with Gasteiger partial charge in [0.25, 0.3) is 5.91 Å². The molecule has 108 valence electrons. The van der Waals surface area contributed by atoms with Crippen molar-refractivity contribution >= 4 is 16.8 Å². The van der Waals surface area contributed by atoms with Crippen molar-refractivity contribution in [3.63, 3.8) is 0 Å². The lowest BCUT2D eigenvalue weighted by atomic mass is 10.1. The first-order chi connectivity index (χ1) is 9.49. The summed E-state index contributed by atoms with van der Waals surface area (Å²) in [7, 11) is 0. The topological polar surface area (TPSA) is 49.0 Å². The van der Waals surface area contributed by atoms with Gasteiger partial charge in [0.05, 0.1) is 5.52 Å². The minimum atomic E-state index is 0.0184. The molecule has 0 atom stereocenters. The van der Waals surface area contributed by atoms with Crippen molar-refractivity contribution in [3.8, 4) is 0 Å². The van der Waals surface area contributed by atoms with Crippen LogP contribution in [0.3, 0.4) is 0 Å². The Hall–Kier alpha value is -1.84. The highest BCUT2D eigenvalue weighted by Gasteiger charge is 2.22. The molecule has 0 aliphatic carbocycles. The number of hydrogen-bond donors (Lipinski definition) is 1. The minimum Gasteiger partial charge on any atom is -0.337 e. The van der Waals surface area contributed by atoms with E-state index in [0.29, 0.717) is 17.5 Å². The average Bonchev–Trinajstić information content (AvgIpc) is 2.79. The number of benzene rings is 1. The van der Waals surface area contributed by atoms with E-state index >= 15 is 0 Å². The van der Waals surface area contributed by atoms with Gasteiger partial charge in [-0.15, -0.1) is 0 Å². The van der Waals surface area contributed by atoms with E-state index in [1.807, 2.05) is 29.2 Å². The summed E-state index contributed by atoms with van der Waals surface area (Å²) < 4.78 is 0. The predicted molar refractivity (Wildman–Crippen MR) is 81.7 cm³/mol. The van der Waals surface area contributed by atoms with Crippen LogP contribution in [0.1, 0.15) is 38.2 Å². The third kappa shape index (κ3) is 3.18. The average molecular weight is 273 g/mol. The normalized spacial score (nSPS) is 11.5. The molecule has 0 radical (unpaired) electrons. The zero-order valence-corrected chi connectivity index (χ0v) is 12.7. The van der Waals surface area contributed by atoms with Gasteiger partial charge in [0.15, 0.2) is 5.69 Å². The van der Waals surface area contributed by atoms with Crippen molar-refractivity contribution in [2.45, 2.75) is 27.7 Å². The van der Waals surface area contributed by atoms with Gasteiger partial charge in [-0.1, -0.05) is 45.9 Å². The fraction of sp³-hybridized carbons (Fsp3) is 0.500. The van der Waals surface area contributed by atoms with Crippen molar-refractivity contribution in [2.75, 3.05) is 13.1 Å².